The Bertz CT molecular complexity index is 643. The van der Waals surface area contributed by atoms with Crippen LogP contribution in [-0.2, 0) is 4.79 Å². The van der Waals surface area contributed by atoms with Gasteiger partial charge in [-0.25, -0.2) is 0 Å². The zero-order valence-electron chi connectivity index (χ0n) is 11.2. The molecule has 0 unspecified atom stereocenters. The van der Waals surface area contributed by atoms with E-state index in [1.807, 2.05) is 0 Å². The summed E-state index contributed by atoms with van der Waals surface area (Å²) >= 11 is 11.1. The van der Waals surface area contributed by atoms with Crippen LogP contribution in [0.5, 0.6) is 11.5 Å². The second-order valence-electron chi connectivity index (χ2n) is 4.10. The van der Waals surface area contributed by atoms with Gasteiger partial charge in [0.15, 0.2) is 16.6 Å². The van der Waals surface area contributed by atoms with Crippen molar-refractivity contribution >= 4 is 40.9 Å². The zero-order chi connectivity index (χ0) is 15.4. The van der Waals surface area contributed by atoms with Gasteiger partial charge in [0, 0.05) is 0 Å². The molecule has 1 aliphatic rings. The van der Waals surface area contributed by atoms with Crippen LogP contribution in [0.1, 0.15) is 5.56 Å². The fourth-order valence-corrected chi connectivity index (χ4v) is 2.23. The van der Waals surface area contributed by atoms with Crippen molar-refractivity contribution < 1.29 is 14.3 Å². The van der Waals surface area contributed by atoms with Crippen molar-refractivity contribution in [2.75, 3.05) is 13.7 Å². The quantitative estimate of drug-likeness (QED) is 0.494. The highest BCUT2D eigenvalue weighted by atomic mass is 35.5. The highest BCUT2D eigenvalue weighted by Crippen LogP contribution is 2.37. The number of amides is 1. The molecule has 0 atom stereocenters. The van der Waals surface area contributed by atoms with E-state index >= 15 is 0 Å². The molecule has 1 amide bonds. The maximum Gasteiger partial charge on any atom is 0.273 e. The van der Waals surface area contributed by atoms with E-state index in [1.54, 1.807) is 24.3 Å². The van der Waals surface area contributed by atoms with Crippen molar-refractivity contribution in [1.82, 2.24) is 10.6 Å². The summed E-state index contributed by atoms with van der Waals surface area (Å²) in [6.07, 6.45) is 3.24. The molecule has 5 nitrogen and oxygen atoms in total. The van der Waals surface area contributed by atoms with Crippen molar-refractivity contribution in [3.05, 3.63) is 41.1 Å². The number of rotatable bonds is 5. The number of hydrogen-bond acceptors (Lipinski definition) is 4. The Labute approximate surface area is 132 Å². The summed E-state index contributed by atoms with van der Waals surface area (Å²) in [7, 11) is 1.51. The first-order chi connectivity index (χ1) is 10.0. The second-order valence-corrected chi connectivity index (χ2v) is 4.92. The molecule has 1 heterocycles. The molecule has 2 rings (SSSR count). The van der Waals surface area contributed by atoms with Gasteiger partial charge in [0.1, 0.15) is 12.3 Å². The Morgan fingerprint density at radius 1 is 1.43 bits per heavy atom. The maximum absolute atomic E-state index is 11.6. The molecule has 0 radical (unpaired) electrons. The van der Waals surface area contributed by atoms with Crippen molar-refractivity contribution in [3.8, 4) is 11.5 Å². The molecule has 0 spiro atoms. The largest absolute Gasteiger partial charge is 0.493 e. The molecule has 21 heavy (non-hydrogen) atoms. The molecule has 1 fully saturated rings. The third-order valence-electron chi connectivity index (χ3n) is 2.63. The van der Waals surface area contributed by atoms with Crippen LogP contribution in [-0.4, -0.2) is 24.7 Å². The van der Waals surface area contributed by atoms with Crippen LogP contribution >= 0.6 is 23.8 Å². The van der Waals surface area contributed by atoms with Gasteiger partial charge in [-0.2, -0.15) is 0 Å². The minimum Gasteiger partial charge on any atom is -0.493 e. The van der Waals surface area contributed by atoms with E-state index in [0.717, 1.165) is 0 Å². The number of carbonyl (C=O) groups excluding carboxylic acids is 1. The summed E-state index contributed by atoms with van der Waals surface area (Å²) in [6, 6.07) is 3.39. The standard InChI is InChI=1S/C14H13ClN2O3S/c1-3-4-20-12-9(15)5-8(7-11(12)19-2)6-10-13(18)17-14(21)16-10/h3,5-7H,1,4H2,2H3,(H2,16,17,18,21)/b10-6-. The Hall–Kier alpha value is -2.05. The first kappa shape index (κ1) is 15.3. The molecule has 2 N–H and O–H groups in total. The SMILES string of the molecule is C=CCOc1c(Cl)cc(/C=C2\NC(=S)NC2=O)cc1OC. The summed E-state index contributed by atoms with van der Waals surface area (Å²) in [5.74, 6) is 0.611. The first-order valence-electron chi connectivity index (χ1n) is 6.00. The molecule has 7 heteroatoms. The summed E-state index contributed by atoms with van der Waals surface area (Å²) in [5.41, 5.74) is 1.03. The van der Waals surface area contributed by atoms with Crippen LogP contribution in [0.2, 0.25) is 5.02 Å². The molecule has 1 aromatic carbocycles. The lowest BCUT2D eigenvalue weighted by molar-refractivity contribution is -0.115. The van der Waals surface area contributed by atoms with E-state index < -0.39 is 0 Å². The van der Waals surface area contributed by atoms with Crippen LogP contribution in [0.4, 0.5) is 0 Å². The number of nitrogens with one attached hydrogen (secondary N) is 2. The van der Waals surface area contributed by atoms with Crippen LogP contribution in [0, 0.1) is 0 Å². The van der Waals surface area contributed by atoms with Crippen molar-refractivity contribution in [2.24, 2.45) is 0 Å². The lowest BCUT2D eigenvalue weighted by Crippen LogP contribution is -2.21. The summed E-state index contributed by atoms with van der Waals surface area (Å²) in [6.45, 7) is 3.89. The van der Waals surface area contributed by atoms with Gasteiger partial charge in [-0.3, -0.25) is 10.1 Å². The van der Waals surface area contributed by atoms with E-state index in [1.165, 1.54) is 7.11 Å². The summed E-state index contributed by atoms with van der Waals surface area (Å²) in [4.78, 5) is 11.6. The Balaban J connectivity index is 2.36. The molecule has 0 bridgehead atoms. The van der Waals surface area contributed by atoms with Gasteiger partial charge >= 0.3 is 0 Å². The number of benzene rings is 1. The third kappa shape index (κ3) is 3.53. The molecule has 110 valence electrons. The normalized spacial score (nSPS) is 15.6. The van der Waals surface area contributed by atoms with E-state index in [4.69, 9.17) is 33.3 Å². The highest BCUT2D eigenvalue weighted by molar-refractivity contribution is 7.80. The molecule has 1 aliphatic heterocycles. The molecule has 0 aliphatic carbocycles. The van der Waals surface area contributed by atoms with Gasteiger partial charge in [0.05, 0.1) is 12.1 Å². The number of halogens is 1. The Kier molecular flexibility index (Phi) is 4.82. The number of thiocarbonyl (C=S) groups is 1. The van der Waals surface area contributed by atoms with Crippen LogP contribution < -0.4 is 20.1 Å². The highest BCUT2D eigenvalue weighted by Gasteiger charge is 2.20. The van der Waals surface area contributed by atoms with E-state index in [9.17, 15) is 4.79 Å². The first-order valence-corrected chi connectivity index (χ1v) is 6.79. The fourth-order valence-electron chi connectivity index (χ4n) is 1.75. The second kappa shape index (κ2) is 6.60. The summed E-state index contributed by atoms with van der Waals surface area (Å²) in [5, 5.41) is 5.90. The molecule has 1 saturated heterocycles. The lowest BCUT2D eigenvalue weighted by Gasteiger charge is -2.12. The van der Waals surface area contributed by atoms with Crippen LogP contribution in [0.15, 0.2) is 30.5 Å². The van der Waals surface area contributed by atoms with E-state index in [-0.39, 0.29) is 11.0 Å². The minimum absolute atomic E-state index is 0.273. The van der Waals surface area contributed by atoms with E-state index in [2.05, 4.69) is 17.2 Å². The van der Waals surface area contributed by atoms with Gasteiger partial charge in [-0.15, -0.1) is 0 Å². The minimum atomic E-state index is -0.290. The number of ether oxygens (including phenoxy) is 2. The Morgan fingerprint density at radius 2 is 2.19 bits per heavy atom. The molecular weight excluding hydrogens is 312 g/mol. The number of methoxy groups -OCH3 is 1. The molecule has 0 saturated carbocycles. The third-order valence-corrected chi connectivity index (χ3v) is 3.11. The van der Waals surface area contributed by atoms with Crippen molar-refractivity contribution in [1.29, 1.82) is 0 Å². The van der Waals surface area contributed by atoms with Crippen LogP contribution in [0.3, 0.4) is 0 Å². The molecule has 1 aromatic rings. The zero-order valence-corrected chi connectivity index (χ0v) is 12.8. The van der Waals surface area contributed by atoms with Crippen molar-refractivity contribution in [3.63, 3.8) is 0 Å². The van der Waals surface area contributed by atoms with Gasteiger partial charge in [-0.05, 0) is 36.0 Å². The smallest absolute Gasteiger partial charge is 0.273 e. The predicted octanol–water partition coefficient (Wildman–Crippen LogP) is 2.26. The van der Waals surface area contributed by atoms with Gasteiger partial charge in [-0.1, -0.05) is 24.3 Å². The van der Waals surface area contributed by atoms with Crippen molar-refractivity contribution in [2.45, 2.75) is 0 Å². The predicted molar refractivity (Wildman–Crippen MR) is 85.5 cm³/mol. The lowest BCUT2D eigenvalue weighted by atomic mass is 10.1. The van der Waals surface area contributed by atoms with E-state index in [0.29, 0.717) is 34.4 Å². The van der Waals surface area contributed by atoms with Gasteiger partial charge in [0.2, 0.25) is 0 Å². The molecular formula is C14H13ClN2O3S. The fraction of sp³-hybridized carbons (Fsp3) is 0.143. The monoisotopic (exact) mass is 324 g/mol. The average Bonchev–Trinajstić information content (AvgIpc) is 2.75. The Morgan fingerprint density at radius 3 is 2.76 bits per heavy atom. The molecule has 0 aromatic heterocycles. The van der Waals surface area contributed by atoms with Crippen LogP contribution in [0.25, 0.3) is 6.08 Å². The topological polar surface area (TPSA) is 59.6 Å². The van der Waals surface area contributed by atoms with Gasteiger partial charge < -0.3 is 14.8 Å². The maximum atomic E-state index is 11.6. The average molecular weight is 325 g/mol. The summed E-state index contributed by atoms with van der Waals surface area (Å²) < 4.78 is 10.7. The number of hydrogen-bond donors (Lipinski definition) is 2. The number of carbonyl (C=O) groups is 1. The van der Waals surface area contributed by atoms with Gasteiger partial charge in [0.25, 0.3) is 5.91 Å².